The van der Waals surface area contributed by atoms with Gasteiger partial charge >= 0.3 is 18.5 Å². The Balaban J connectivity index is 0.000000220. The maximum absolute atomic E-state index is 12.5. The minimum absolute atomic E-state index is 0. The minimum Gasteiger partial charge on any atom is -0.661 e. The second kappa shape index (κ2) is 23.0. The van der Waals surface area contributed by atoms with Crippen LogP contribution in [0.4, 0.5) is 39.5 Å². The third-order valence-electron chi connectivity index (χ3n) is 12.5. The van der Waals surface area contributed by atoms with Crippen LogP contribution in [0.15, 0.2) is 0 Å². The van der Waals surface area contributed by atoms with Crippen molar-refractivity contribution in [2.45, 2.75) is 151 Å². The molecule has 0 N–H and O–H groups in total. The van der Waals surface area contributed by atoms with Crippen LogP contribution in [-0.2, 0) is 34.3 Å². The predicted molar refractivity (Wildman–Crippen MR) is 190 cm³/mol. The first kappa shape index (κ1) is 49.1. The minimum atomic E-state index is -4.08. The van der Waals surface area contributed by atoms with Crippen LogP contribution in [0.2, 0.25) is 0 Å². The molecule has 12 unspecified atom stereocenters. The molecule has 55 heavy (non-hydrogen) atoms. The maximum atomic E-state index is 12.5. The Morgan fingerprint density at radius 3 is 0.855 bits per heavy atom. The Morgan fingerprint density at radius 1 is 0.418 bits per heavy atom. The third-order valence-corrected chi connectivity index (χ3v) is 12.5. The van der Waals surface area contributed by atoms with Crippen molar-refractivity contribution in [3.63, 3.8) is 0 Å². The second-order valence-corrected chi connectivity index (χ2v) is 16.0. The summed E-state index contributed by atoms with van der Waals surface area (Å²) in [5.74, 6) is -2.77. The first-order valence-corrected chi connectivity index (χ1v) is 19.8. The van der Waals surface area contributed by atoms with Gasteiger partial charge in [0.2, 0.25) is 0 Å². The van der Waals surface area contributed by atoms with Gasteiger partial charge in [0.05, 0.1) is 18.3 Å². The van der Waals surface area contributed by atoms with Crippen LogP contribution in [-0.4, -0.2) is 95.9 Å². The van der Waals surface area contributed by atoms with E-state index in [4.69, 9.17) is 14.2 Å². The van der Waals surface area contributed by atoms with Crippen LogP contribution in [0.3, 0.4) is 0 Å². The van der Waals surface area contributed by atoms with Crippen molar-refractivity contribution < 1.29 is 73.8 Å². The van der Waals surface area contributed by atoms with Gasteiger partial charge in [-0.2, -0.15) is 94.7 Å². The summed E-state index contributed by atoms with van der Waals surface area (Å²) in [6.45, 7) is -0.178. The van der Waals surface area contributed by atoms with Crippen molar-refractivity contribution in [2.24, 2.45) is 35.5 Å². The van der Waals surface area contributed by atoms with Gasteiger partial charge in [0.15, 0.2) is 0 Å². The molecule has 6 nitrogen and oxygen atoms in total. The molecule has 3 aliphatic carbocycles. The first-order chi connectivity index (χ1) is 25.5. The van der Waals surface area contributed by atoms with Gasteiger partial charge in [-0.25, -0.2) is 0 Å². The topological polar surface area (TPSA) is 70.0 Å². The van der Waals surface area contributed by atoms with Crippen LogP contribution in [0.25, 0.3) is 16.0 Å². The maximum Gasteiger partial charge on any atom is 0.390 e. The van der Waals surface area contributed by atoms with E-state index in [2.05, 4.69) is 35.2 Å². The van der Waals surface area contributed by atoms with Crippen molar-refractivity contribution in [3.8, 4) is 0 Å². The number of rotatable bonds is 6. The molecule has 12 atom stereocenters. The first-order valence-electron chi connectivity index (χ1n) is 19.8. The molecule has 3 saturated carbocycles. The van der Waals surface area contributed by atoms with E-state index >= 15 is 0 Å². The van der Waals surface area contributed by atoms with Crippen LogP contribution in [0, 0.1) is 54.8 Å². The fourth-order valence-electron chi connectivity index (χ4n) is 8.93. The molecule has 6 rings (SSSR count). The van der Waals surface area contributed by atoms with Gasteiger partial charge in [-0.05, 0) is 19.3 Å². The molecule has 1 radical (unpaired) electrons. The molecule has 327 valence electrons. The van der Waals surface area contributed by atoms with E-state index in [-0.39, 0.29) is 95.4 Å². The molecule has 3 heterocycles. The Bertz CT molecular complexity index is 920. The van der Waals surface area contributed by atoms with Crippen LogP contribution in [0.5, 0.6) is 0 Å². The number of piperidine rings is 3. The van der Waals surface area contributed by atoms with E-state index in [9.17, 15) is 39.5 Å². The van der Waals surface area contributed by atoms with Gasteiger partial charge in [-0.15, -0.1) is 19.6 Å². The SMILES string of the molecule is COC1CC[CH-]C(C2CCC(C(F)(F)F)C[N-]2)C1.COC1CC[CH-]C(C2CCC(C(F)(F)F)C[N-]2)C1.COC1CC[CH-]C(C2CCC(C(F)(F)F)C[N-]2)C1.[Ir]. The zero-order chi connectivity index (χ0) is 39.5. The molecule has 3 saturated heterocycles. The number of alkyl halides is 9. The number of ether oxygens (including phenoxy) is 3. The van der Waals surface area contributed by atoms with E-state index < -0.39 is 36.3 Å². The van der Waals surface area contributed by atoms with E-state index in [0.29, 0.717) is 37.0 Å². The summed E-state index contributed by atoms with van der Waals surface area (Å²) in [7, 11) is 5.10. The molecule has 0 aromatic heterocycles. The smallest absolute Gasteiger partial charge is 0.390 e. The summed E-state index contributed by atoms with van der Waals surface area (Å²) in [5, 5.41) is 12.8. The van der Waals surface area contributed by atoms with Crippen molar-refractivity contribution >= 4 is 0 Å². The predicted octanol–water partition coefficient (Wildman–Crippen LogP) is 11.2. The summed E-state index contributed by atoms with van der Waals surface area (Å²) < 4.78 is 129. The molecule has 0 aromatic carbocycles. The van der Waals surface area contributed by atoms with E-state index in [1.54, 1.807) is 21.3 Å². The van der Waals surface area contributed by atoms with Gasteiger partial charge < -0.3 is 49.4 Å². The molecule has 6 aliphatic rings. The van der Waals surface area contributed by atoms with Crippen molar-refractivity contribution in [2.75, 3.05) is 41.0 Å². The molecule has 0 spiro atoms. The van der Waals surface area contributed by atoms with Crippen molar-refractivity contribution in [1.29, 1.82) is 0 Å². The number of nitrogens with zero attached hydrogens (tertiary/aromatic N) is 3. The molecule has 3 aliphatic heterocycles. The number of hydrogen-bond donors (Lipinski definition) is 0. The Morgan fingerprint density at radius 2 is 0.673 bits per heavy atom. The van der Waals surface area contributed by atoms with Gasteiger partial charge in [0.1, 0.15) is 0 Å². The van der Waals surface area contributed by atoms with E-state index in [1.807, 2.05) is 0 Å². The Labute approximate surface area is 336 Å². The number of methoxy groups -OCH3 is 3. The molecule has 6 fully saturated rings. The second-order valence-electron chi connectivity index (χ2n) is 16.0. The number of halogens is 9. The third kappa shape index (κ3) is 15.7. The van der Waals surface area contributed by atoms with Crippen LogP contribution >= 0.6 is 0 Å². The van der Waals surface area contributed by atoms with Gasteiger partial charge in [-0.3, -0.25) is 0 Å². The molecule has 0 amide bonds. The summed E-state index contributed by atoms with van der Waals surface area (Å²) in [4.78, 5) is 0. The molecular formula is C39H60F9IrN3O3-6. The number of hydrogen-bond acceptors (Lipinski definition) is 3. The van der Waals surface area contributed by atoms with Crippen LogP contribution in [0.1, 0.15) is 96.3 Å². The summed E-state index contributed by atoms with van der Waals surface area (Å²) in [5.41, 5.74) is 0. The molecular weight excluding hydrogens is 922 g/mol. The standard InChI is InChI=1S/3C13H20F3NO.Ir/c3*1-18-11-4-2-3-9(7-11)12-6-5-10(8-17-12)13(14,15)16;/h3*3,9-12H,2,4-8H2,1H3;/q3*-2;. The largest absolute Gasteiger partial charge is 0.661 e. The average molecular weight is 982 g/mol. The van der Waals surface area contributed by atoms with Gasteiger partial charge in [0.25, 0.3) is 0 Å². The molecule has 0 bridgehead atoms. The van der Waals surface area contributed by atoms with Gasteiger partial charge in [0, 0.05) is 59.2 Å². The summed E-state index contributed by atoms with van der Waals surface area (Å²) >= 11 is 0. The van der Waals surface area contributed by atoms with Crippen molar-refractivity contribution in [1.82, 2.24) is 0 Å². The molecule has 0 aromatic rings. The Kier molecular flexibility index (Phi) is 20.5. The summed E-state index contributed by atoms with van der Waals surface area (Å²) in [6.07, 6.45) is 6.20. The van der Waals surface area contributed by atoms with Crippen molar-refractivity contribution in [3.05, 3.63) is 35.2 Å². The molecule has 16 heteroatoms. The fourth-order valence-corrected chi connectivity index (χ4v) is 8.93. The van der Waals surface area contributed by atoms with Crippen LogP contribution < -0.4 is 0 Å². The fraction of sp³-hybridized carbons (Fsp3) is 0.923. The Hall–Kier alpha value is -0.221. The zero-order valence-electron chi connectivity index (χ0n) is 32.2. The quantitative estimate of drug-likeness (QED) is 0.197. The average Bonchev–Trinajstić information content (AvgIpc) is 3.17. The zero-order valence-corrected chi connectivity index (χ0v) is 34.6. The summed E-state index contributed by atoms with van der Waals surface area (Å²) in [6, 6.07) is 0.213. The van der Waals surface area contributed by atoms with E-state index in [1.165, 1.54) is 0 Å². The van der Waals surface area contributed by atoms with Gasteiger partial charge in [-0.1, -0.05) is 57.8 Å². The normalized spacial score (nSPS) is 38.0. The monoisotopic (exact) mass is 982 g/mol. The van der Waals surface area contributed by atoms with E-state index in [0.717, 1.165) is 57.8 Å².